The number of anilines is 4. The van der Waals surface area contributed by atoms with Crippen LogP contribution in [0.3, 0.4) is 0 Å². The van der Waals surface area contributed by atoms with Gasteiger partial charge < -0.3 is 30.5 Å². The van der Waals surface area contributed by atoms with Gasteiger partial charge in [0, 0.05) is 45.2 Å². The first-order valence-corrected chi connectivity index (χ1v) is 10.4. The lowest BCUT2D eigenvalue weighted by Gasteiger charge is -2.32. The van der Waals surface area contributed by atoms with E-state index in [1.807, 2.05) is 17.0 Å². The molecule has 0 bridgehead atoms. The van der Waals surface area contributed by atoms with Crippen molar-refractivity contribution in [2.75, 3.05) is 61.4 Å². The summed E-state index contributed by atoms with van der Waals surface area (Å²) in [5, 5.41) is 11.2. The molecule has 0 unspecified atom stereocenters. The number of aldehydes is 1. The molecular weight excluding hydrogens is 398 g/mol. The average Bonchev–Trinajstić information content (AvgIpc) is 2.80. The molecule has 4 heterocycles. The van der Waals surface area contributed by atoms with Crippen LogP contribution in [0, 0.1) is 5.92 Å². The van der Waals surface area contributed by atoms with E-state index in [-0.39, 0.29) is 17.4 Å². The summed E-state index contributed by atoms with van der Waals surface area (Å²) >= 11 is 0. The van der Waals surface area contributed by atoms with Crippen molar-refractivity contribution >= 4 is 35.5 Å². The second-order valence-corrected chi connectivity index (χ2v) is 7.95. The number of amides is 1. The third-order valence-corrected chi connectivity index (χ3v) is 5.76. The van der Waals surface area contributed by atoms with Crippen molar-refractivity contribution in [3.8, 4) is 0 Å². The van der Waals surface area contributed by atoms with Crippen molar-refractivity contribution in [1.82, 2.24) is 25.1 Å². The molecule has 2 aromatic rings. The van der Waals surface area contributed by atoms with E-state index in [2.05, 4.69) is 42.3 Å². The molecular formula is C20H27N9O2. The predicted octanol–water partition coefficient (Wildman–Crippen LogP) is 0.276. The van der Waals surface area contributed by atoms with Crippen LogP contribution in [-0.4, -0.2) is 83.6 Å². The molecule has 4 rings (SSSR count). The highest BCUT2D eigenvalue weighted by Gasteiger charge is 2.22. The number of piperidine rings is 1. The third-order valence-electron chi connectivity index (χ3n) is 5.76. The maximum atomic E-state index is 11.8. The monoisotopic (exact) mass is 425 g/mol. The summed E-state index contributed by atoms with van der Waals surface area (Å²) in [5.74, 6) is 1.02. The molecule has 2 aliphatic rings. The topological polar surface area (TPSA) is 133 Å². The Hall–Kier alpha value is -3.34. The molecule has 0 atom stereocenters. The first-order chi connectivity index (χ1) is 15.0. The molecule has 2 fully saturated rings. The number of hydrogen-bond acceptors (Lipinski definition) is 10. The van der Waals surface area contributed by atoms with Crippen LogP contribution in [-0.2, 0) is 4.79 Å². The zero-order valence-corrected chi connectivity index (χ0v) is 17.6. The number of hydrogen-bond donors (Lipinski definition) is 2. The third kappa shape index (κ3) is 4.88. The molecule has 2 saturated heterocycles. The number of nitrogens with zero attached hydrogens (tertiary/aromatic N) is 7. The minimum atomic E-state index is -0.699. The summed E-state index contributed by atoms with van der Waals surface area (Å²) in [7, 11) is 2.07. The Morgan fingerprint density at radius 2 is 1.84 bits per heavy atom. The van der Waals surface area contributed by atoms with Gasteiger partial charge in [-0.2, -0.15) is 4.98 Å². The van der Waals surface area contributed by atoms with Crippen molar-refractivity contribution in [3.63, 3.8) is 0 Å². The van der Waals surface area contributed by atoms with Crippen LogP contribution < -0.4 is 20.9 Å². The van der Waals surface area contributed by atoms with Gasteiger partial charge in [-0.3, -0.25) is 4.79 Å². The lowest BCUT2D eigenvalue weighted by molar-refractivity contribution is -0.111. The molecule has 3 N–H and O–H groups in total. The summed E-state index contributed by atoms with van der Waals surface area (Å²) in [6.45, 7) is 4.98. The summed E-state index contributed by atoms with van der Waals surface area (Å²) < 4.78 is 0. The number of piperazine rings is 1. The molecule has 0 radical (unpaired) electrons. The van der Waals surface area contributed by atoms with Crippen LogP contribution in [0.15, 0.2) is 18.3 Å². The molecule has 164 valence electrons. The SMILES string of the molecule is CN1CCN(c2nnc(C(N)=O)c(Nc3ccc(N4CCC(C=O)CC4)nc3)n2)CC1. The molecule has 2 aliphatic heterocycles. The zero-order chi connectivity index (χ0) is 21.8. The summed E-state index contributed by atoms with van der Waals surface area (Å²) in [6.07, 6.45) is 4.41. The van der Waals surface area contributed by atoms with Crippen molar-refractivity contribution in [1.29, 1.82) is 0 Å². The number of nitrogens with two attached hydrogens (primary N) is 1. The van der Waals surface area contributed by atoms with Crippen LogP contribution in [0.4, 0.5) is 23.3 Å². The van der Waals surface area contributed by atoms with Gasteiger partial charge >= 0.3 is 0 Å². The Bertz CT molecular complexity index is 921. The molecule has 0 spiro atoms. The Kier molecular flexibility index (Phi) is 6.21. The largest absolute Gasteiger partial charge is 0.364 e. The molecule has 0 aromatic carbocycles. The van der Waals surface area contributed by atoms with Crippen molar-refractivity contribution in [2.24, 2.45) is 11.7 Å². The molecule has 31 heavy (non-hydrogen) atoms. The van der Waals surface area contributed by atoms with E-state index in [9.17, 15) is 9.59 Å². The summed E-state index contributed by atoms with van der Waals surface area (Å²) in [4.78, 5) is 38.2. The van der Waals surface area contributed by atoms with Crippen LogP contribution in [0.5, 0.6) is 0 Å². The van der Waals surface area contributed by atoms with Crippen molar-refractivity contribution in [3.05, 3.63) is 24.0 Å². The predicted molar refractivity (Wildman–Crippen MR) is 117 cm³/mol. The Balaban J connectivity index is 1.49. The molecule has 1 amide bonds. The van der Waals surface area contributed by atoms with Gasteiger partial charge in [0.1, 0.15) is 12.1 Å². The number of likely N-dealkylation sites (N-methyl/N-ethyl adjacent to an activating group) is 1. The van der Waals surface area contributed by atoms with E-state index in [1.54, 1.807) is 6.20 Å². The fraction of sp³-hybridized carbons (Fsp3) is 0.500. The molecule has 11 nitrogen and oxygen atoms in total. The highest BCUT2D eigenvalue weighted by Crippen LogP contribution is 2.24. The first-order valence-electron chi connectivity index (χ1n) is 10.4. The Morgan fingerprint density at radius 1 is 1.10 bits per heavy atom. The van der Waals surface area contributed by atoms with Gasteiger partial charge in [0.15, 0.2) is 11.5 Å². The number of aromatic nitrogens is 4. The van der Waals surface area contributed by atoms with Gasteiger partial charge in [-0.25, -0.2) is 4.98 Å². The molecule has 11 heteroatoms. The summed E-state index contributed by atoms with van der Waals surface area (Å²) in [6, 6.07) is 3.78. The maximum Gasteiger partial charge on any atom is 0.273 e. The van der Waals surface area contributed by atoms with Crippen LogP contribution in [0.25, 0.3) is 0 Å². The van der Waals surface area contributed by atoms with E-state index in [1.165, 1.54) is 0 Å². The van der Waals surface area contributed by atoms with E-state index in [0.29, 0.717) is 11.6 Å². The van der Waals surface area contributed by atoms with Crippen LogP contribution in [0.2, 0.25) is 0 Å². The van der Waals surface area contributed by atoms with E-state index in [0.717, 1.165) is 64.2 Å². The average molecular weight is 425 g/mol. The van der Waals surface area contributed by atoms with Gasteiger partial charge in [0.25, 0.3) is 5.91 Å². The number of pyridine rings is 1. The normalized spacial score (nSPS) is 18.1. The van der Waals surface area contributed by atoms with Crippen LogP contribution >= 0.6 is 0 Å². The van der Waals surface area contributed by atoms with Crippen LogP contribution in [0.1, 0.15) is 23.3 Å². The second-order valence-electron chi connectivity index (χ2n) is 7.95. The van der Waals surface area contributed by atoms with Gasteiger partial charge in [-0.15, -0.1) is 10.2 Å². The first kappa shape index (κ1) is 20.9. The Morgan fingerprint density at radius 3 is 2.45 bits per heavy atom. The van der Waals surface area contributed by atoms with E-state index in [4.69, 9.17) is 5.73 Å². The number of carbonyl (C=O) groups is 2. The fourth-order valence-corrected chi connectivity index (χ4v) is 3.76. The maximum absolute atomic E-state index is 11.8. The standard InChI is InChI=1S/C20H27N9O2/c1-27-8-10-29(11-9-27)20-24-19(17(18(21)31)25-26-20)23-15-2-3-16(22-12-15)28-6-4-14(13-30)5-7-28/h2-3,12-14H,4-11H2,1H3,(H2,21,31)(H,23,24,26). The fourth-order valence-electron chi connectivity index (χ4n) is 3.76. The minimum Gasteiger partial charge on any atom is -0.364 e. The highest BCUT2D eigenvalue weighted by molar-refractivity contribution is 5.96. The molecule has 0 aliphatic carbocycles. The highest BCUT2D eigenvalue weighted by atomic mass is 16.1. The minimum absolute atomic E-state index is 0.0158. The van der Waals surface area contributed by atoms with E-state index >= 15 is 0 Å². The molecule has 0 saturated carbocycles. The quantitative estimate of drug-likeness (QED) is 0.621. The Labute approximate surface area is 180 Å². The van der Waals surface area contributed by atoms with Gasteiger partial charge in [0.2, 0.25) is 5.95 Å². The summed E-state index contributed by atoms with van der Waals surface area (Å²) in [5.41, 5.74) is 6.12. The molecule has 2 aromatic heterocycles. The number of primary amides is 1. The van der Waals surface area contributed by atoms with Gasteiger partial charge in [-0.1, -0.05) is 0 Å². The number of carbonyl (C=O) groups excluding carboxylic acids is 2. The van der Waals surface area contributed by atoms with Gasteiger partial charge in [0.05, 0.1) is 11.9 Å². The van der Waals surface area contributed by atoms with E-state index < -0.39 is 5.91 Å². The van der Waals surface area contributed by atoms with Crippen molar-refractivity contribution < 1.29 is 9.59 Å². The number of rotatable bonds is 6. The lowest BCUT2D eigenvalue weighted by atomic mass is 9.99. The van der Waals surface area contributed by atoms with Gasteiger partial charge in [-0.05, 0) is 32.0 Å². The zero-order valence-electron chi connectivity index (χ0n) is 17.6. The van der Waals surface area contributed by atoms with Crippen molar-refractivity contribution in [2.45, 2.75) is 12.8 Å². The lowest BCUT2D eigenvalue weighted by Crippen LogP contribution is -2.45. The number of nitrogens with one attached hydrogen (secondary N) is 1. The second kappa shape index (κ2) is 9.21. The smallest absolute Gasteiger partial charge is 0.273 e.